The Morgan fingerprint density at radius 1 is 1.29 bits per heavy atom. The van der Waals surface area contributed by atoms with E-state index in [1.165, 1.54) is 29.1 Å². The molecule has 0 fully saturated rings. The number of nitro benzene ring substituents is 1. The zero-order valence-electron chi connectivity index (χ0n) is 12.1. The minimum absolute atomic E-state index is 0.0349. The molecule has 0 radical (unpaired) electrons. The maximum atomic E-state index is 11.9. The molecule has 0 bridgehead atoms. The Kier molecular flexibility index (Phi) is 4.81. The van der Waals surface area contributed by atoms with Gasteiger partial charge in [0.1, 0.15) is 6.07 Å². The summed E-state index contributed by atoms with van der Waals surface area (Å²) < 4.78 is 1.25. The van der Waals surface area contributed by atoms with Crippen molar-refractivity contribution in [3.8, 4) is 6.07 Å². The molecule has 2 aromatic rings. The van der Waals surface area contributed by atoms with Crippen LogP contribution in [-0.4, -0.2) is 25.5 Å². The minimum Gasteiger partial charge on any atom is -0.358 e. The van der Waals surface area contributed by atoms with E-state index in [4.69, 9.17) is 5.26 Å². The predicted molar refractivity (Wildman–Crippen MR) is 79.9 cm³/mol. The van der Waals surface area contributed by atoms with Crippen molar-refractivity contribution in [3.63, 3.8) is 0 Å². The molecule has 0 unspecified atom stereocenters. The highest BCUT2D eigenvalue weighted by Gasteiger charge is 2.14. The third-order valence-electron chi connectivity index (χ3n) is 2.99. The van der Waals surface area contributed by atoms with Crippen LogP contribution in [0.4, 0.5) is 17.2 Å². The number of nitrogens with one attached hydrogen (secondary N) is 1. The molecule has 2 rings (SSSR count). The standard InChI is InChI=1S/C13H10N6O5/c14-8-9-7-10(18(21)22)1-2-11(9)15-13(20)4-6-17-5-3-12(16-17)19(23)24/h1-3,5,7H,4,6H2,(H,15,20). The van der Waals surface area contributed by atoms with Crippen molar-refractivity contribution in [1.29, 1.82) is 5.26 Å². The molecular formula is C13H10N6O5. The highest BCUT2D eigenvalue weighted by Crippen LogP contribution is 2.21. The smallest absolute Gasteiger partial charge is 0.358 e. The molecule has 1 heterocycles. The van der Waals surface area contributed by atoms with Gasteiger partial charge in [0.15, 0.2) is 0 Å². The lowest BCUT2D eigenvalue weighted by molar-refractivity contribution is -0.389. The summed E-state index contributed by atoms with van der Waals surface area (Å²) in [4.78, 5) is 31.8. The van der Waals surface area contributed by atoms with Crippen LogP contribution in [0.1, 0.15) is 12.0 Å². The Morgan fingerprint density at radius 2 is 2.04 bits per heavy atom. The monoisotopic (exact) mass is 330 g/mol. The molecule has 24 heavy (non-hydrogen) atoms. The highest BCUT2D eigenvalue weighted by atomic mass is 16.6. The van der Waals surface area contributed by atoms with E-state index in [0.29, 0.717) is 0 Å². The van der Waals surface area contributed by atoms with E-state index in [1.54, 1.807) is 6.07 Å². The Balaban J connectivity index is 2.00. The molecule has 11 nitrogen and oxygen atoms in total. The number of amides is 1. The van der Waals surface area contributed by atoms with Crippen molar-refractivity contribution in [2.24, 2.45) is 0 Å². The second-order valence-corrected chi connectivity index (χ2v) is 4.59. The van der Waals surface area contributed by atoms with Crippen LogP contribution >= 0.6 is 0 Å². The summed E-state index contributed by atoms with van der Waals surface area (Å²) in [6.45, 7) is 0.106. The van der Waals surface area contributed by atoms with E-state index < -0.39 is 15.8 Å². The lowest BCUT2D eigenvalue weighted by Gasteiger charge is -2.06. The molecule has 11 heteroatoms. The van der Waals surface area contributed by atoms with Gasteiger partial charge in [-0.05, 0) is 11.0 Å². The number of non-ortho nitro benzene ring substituents is 1. The van der Waals surface area contributed by atoms with Gasteiger partial charge in [0.05, 0.1) is 40.1 Å². The minimum atomic E-state index is -0.646. The number of nitrogens with zero attached hydrogens (tertiary/aromatic N) is 5. The molecule has 0 atom stereocenters. The molecule has 0 aliphatic heterocycles. The normalized spacial score (nSPS) is 9.96. The number of benzene rings is 1. The first kappa shape index (κ1) is 16.6. The van der Waals surface area contributed by atoms with Gasteiger partial charge in [0, 0.05) is 18.6 Å². The van der Waals surface area contributed by atoms with Gasteiger partial charge in [-0.3, -0.25) is 14.9 Å². The van der Waals surface area contributed by atoms with Gasteiger partial charge in [0.2, 0.25) is 5.91 Å². The fraction of sp³-hybridized carbons (Fsp3) is 0.154. The molecule has 0 aliphatic carbocycles. The number of rotatable bonds is 6. The fourth-order valence-corrected chi connectivity index (χ4v) is 1.85. The lowest BCUT2D eigenvalue weighted by atomic mass is 10.1. The number of anilines is 1. The maximum absolute atomic E-state index is 11.9. The summed E-state index contributed by atoms with van der Waals surface area (Å²) >= 11 is 0. The summed E-state index contributed by atoms with van der Waals surface area (Å²) in [5.41, 5.74) is -0.139. The van der Waals surface area contributed by atoms with Crippen LogP contribution in [0.15, 0.2) is 30.5 Å². The molecule has 0 saturated carbocycles. The summed E-state index contributed by atoms with van der Waals surface area (Å²) in [6, 6.07) is 6.49. The van der Waals surface area contributed by atoms with Crippen LogP contribution in [0.5, 0.6) is 0 Å². The van der Waals surface area contributed by atoms with E-state index >= 15 is 0 Å². The Morgan fingerprint density at radius 3 is 2.62 bits per heavy atom. The summed E-state index contributed by atoms with van der Waals surface area (Å²) in [7, 11) is 0. The summed E-state index contributed by atoms with van der Waals surface area (Å²) in [6.07, 6.45) is 1.33. The van der Waals surface area contributed by atoms with Crippen molar-refractivity contribution in [2.45, 2.75) is 13.0 Å². The number of hydrogen-bond donors (Lipinski definition) is 1. The number of hydrogen-bond acceptors (Lipinski definition) is 7. The number of nitriles is 1. The third-order valence-corrected chi connectivity index (χ3v) is 2.99. The maximum Gasteiger partial charge on any atom is 0.389 e. The summed E-state index contributed by atoms with van der Waals surface area (Å²) in [5.74, 6) is -0.781. The van der Waals surface area contributed by atoms with Crippen LogP contribution < -0.4 is 5.32 Å². The molecule has 0 spiro atoms. The molecule has 1 amide bonds. The molecular weight excluding hydrogens is 320 g/mol. The van der Waals surface area contributed by atoms with Crippen LogP contribution in [0.3, 0.4) is 0 Å². The van der Waals surface area contributed by atoms with Crippen LogP contribution in [0.25, 0.3) is 0 Å². The van der Waals surface area contributed by atoms with Crippen molar-refractivity contribution in [3.05, 3.63) is 56.3 Å². The number of carbonyl (C=O) groups is 1. The van der Waals surface area contributed by atoms with Crippen molar-refractivity contribution < 1.29 is 14.6 Å². The lowest BCUT2D eigenvalue weighted by Crippen LogP contribution is -2.15. The summed E-state index contributed by atoms with van der Waals surface area (Å²) in [5, 5.41) is 36.3. The van der Waals surface area contributed by atoms with E-state index in [2.05, 4.69) is 10.4 Å². The average molecular weight is 330 g/mol. The quantitative estimate of drug-likeness (QED) is 0.622. The SMILES string of the molecule is N#Cc1cc([N+](=O)[O-])ccc1NC(=O)CCn1ccc([N+](=O)[O-])n1. The fourth-order valence-electron chi connectivity index (χ4n) is 1.85. The van der Waals surface area contributed by atoms with Crippen LogP contribution in [0.2, 0.25) is 0 Å². The first-order chi connectivity index (χ1) is 11.4. The van der Waals surface area contributed by atoms with E-state index in [-0.39, 0.29) is 35.7 Å². The van der Waals surface area contributed by atoms with E-state index in [1.807, 2.05) is 0 Å². The zero-order chi connectivity index (χ0) is 17.7. The first-order valence-corrected chi connectivity index (χ1v) is 6.57. The zero-order valence-corrected chi connectivity index (χ0v) is 12.1. The number of aromatic nitrogens is 2. The molecule has 0 saturated heterocycles. The van der Waals surface area contributed by atoms with Gasteiger partial charge >= 0.3 is 5.82 Å². The van der Waals surface area contributed by atoms with Crippen molar-refractivity contribution >= 4 is 23.1 Å². The Hall–Kier alpha value is -3.81. The van der Waals surface area contributed by atoms with Gasteiger partial charge in [0.25, 0.3) is 5.69 Å². The third kappa shape index (κ3) is 3.89. The molecule has 0 aliphatic rings. The largest absolute Gasteiger partial charge is 0.389 e. The van der Waals surface area contributed by atoms with Crippen LogP contribution in [-0.2, 0) is 11.3 Å². The molecule has 122 valence electrons. The second-order valence-electron chi connectivity index (χ2n) is 4.59. The highest BCUT2D eigenvalue weighted by molar-refractivity contribution is 5.92. The Labute approximate surface area is 134 Å². The molecule has 1 aromatic carbocycles. The second kappa shape index (κ2) is 6.97. The Bertz CT molecular complexity index is 853. The molecule has 1 N–H and O–H groups in total. The van der Waals surface area contributed by atoms with Gasteiger partial charge in [-0.2, -0.15) is 9.94 Å². The number of aryl methyl sites for hydroxylation is 1. The van der Waals surface area contributed by atoms with E-state index in [9.17, 15) is 25.0 Å². The van der Waals surface area contributed by atoms with Gasteiger partial charge in [-0.25, -0.2) is 0 Å². The number of nitro groups is 2. The van der Waals surface area contributed by atoms with Crippen molar-refractivity contribution in [1.82, 2.24) is 9.78 Å². The molecule has 1 aromatic heterocycles. The number of carbonyl (C=O) groups excluding carboxylic acids is 1. The van der Waals surface area contributed by atoms with E-state index in [0.717, 1.165) is 6.07 Å². The topological polar surface area (TPSA) is 157 Å². The first-order valence-electron chi connectivity index (χ1n) is 6.57. The van der Waals surface area contributed by atoms with Crippen LogP contribution in [0, 0.1) is 31.6 Å². The van der Waals surface area contributed by atoms with Gasteiger partial charge in [-0.1, -0.05) is 0 Å². The van der Waals surface area contributed by atoms with Gasteiger partial charge < -0.3 is 15.4 Å². The predicted octanol–water partition coefficient (Wildman–Crippen LogP) is 1.60. The van der Waals surface area contributed by atoms with Crippen molar-refractivity contribution in [2.75, 3.05) is 5.32 Å². The average Bonchev–Trinajstić information content (AvgIpc) is 3.02. The van der Waals surface area contributed by atoms with Gasteiger partial charge in [-0.15, -0.1) is 0 Å².